The molecule has 0 spiro atoms. The Hall–Kier alpha value is -2.32. The first kappa shape index (κ1) is 16.2. The SMILES string of the molecule is O=C(c1ccc2c(c1)OCO2)N1CCN(C(=O)C2COCCN2)CC1. The summed E-state index contributed by atoms with van der Waals surface area (Å²) in [4.78, 5) is 28.7. The van der Waals surface area contributed by atoms with Gasteiger partial charge in [0.25, 0.3) is 5.91 Å². The number of amides is 2. The minimum Gasteiger partial charge on any atom is -0.454 e. The number of piperazine rings is 1. The molecule has 2 saturated heterocycles. The maximum Gasteiger partial charge on any atom is 0.254 e. The third-order valence-electron chi connectivity index (χ3n) is 4.72. The maximum absolute atomic E-state index is 12.7. The molecule has 0 saturated carbocycles. The number of carbonyl (C=O) groups excluding carboxylic acids is 2. The smallest absolute Gasteiger partial charge is 0.254 e. The topological polar surface area (TPSA) is 80.3 Å². The molecule has 2 amide bonds. The largest absolute Gasteiger partial charge is 0.454 e. The lowest BCUT2D eigenvalue weighted by molar-refractivity contribution is -0.137. The quantitative estimate of drug-likeness (QED) is 0.790. The molecular formula is C17H21N3O5. The molecule has 8 heteroatoms. The molecule has 4 rings (SSSR count). The van der Waals surface area contributed by atoms with Crippen molar-refractivity contribution in [3.05, 3.63) is 23.8 Å². The van der Waals surface area contributed by atoms with Crippen LogP contribution in [0.3, 0.4) is 0 Å². The van der Waals surface area contributed by atoms with Crippen molar-refractivity contribution >= 4 is 11.8 Å². The standard InChI is InChI=1S/C17H21N3O5/c21-16(12-1-2-14-15(9-12)25-11-24-14)19-4-6-20(7-5-19)17(22)13-10-23-8-3-18-13/h1-2,9,13,18H,3-8,10-11H2. The maximum atomic E-state index is 12.7. The van der Waals surface area contributed by atoms with Crippen LogP contribution in [0.1, 0.15) is 10.4 Å². The average Bonchev–Trinajstić information content (AvgIpc) is 3.15. The normalized spacial score (nSPS) is 22.8. The van der Waals surface area contributed by atoms with Gasteiger partial charge in [-0.15, -0.1) is 0 Å². The van der Waals surface area contributed by atoms with E-state index in [1.165, 1.54) is 0 Å². The Bertz CT molecular complexity index is 666. The van der Waals surface area contributed by atoms with Gasteiger partial charge < -0.3 is 29.3 Å². The predicted molar refractivity (Wildman–Crippen MR) is 87.7 cm³/mol. The molecule has 0 aliphatic carbocycles. The van der Waals surface area contributed by atoms with E-state index < -0.39 is 0 Å². The molecule has 25 heavy (non-hydrogen) atoms. The highest BCUT2D eigenvalue weighted by Gasteiger charge is 2.30. The Morgan fingerprint density at radius 1 is 1.04 bits per heavy atom. The molecule has 0 aromatic heterocycles. The highest BCUT2D eigenvalue weighted by molar-refractivity contribution is 5.95. The second-order valence-electron chi connectivity index (χ2n) is 6.27. The number of fused-ring (bicyclic) bond motifs is 1. The third-order valence-corrected chi connectivity index (χ3v) is 4.72. The van der Waals surface area contributed by atoms with E-state index in [0.29, 0.717) is 63.0 Å². The highest BCUT2D eigenvalue weighted by atomic mass is 16.7. The number of rotatable bonds is 2. The number of ether oxygens (including phenoxy) is 3. The van der Waals surface area contributed by atoms with Crippen molar-refractivity contribution in [1.29, 1.82) is 0 Å². The zero-order chi connectivity index (χ0) is 17.2. The summed E-state index contributed by atoms with van der Waals surface area (Å²) in [5.74, 6) is 1.26. The van der Waals surface area contributed by atoms with Crippen molar-refractivity contribution in [2.75, 3.05) is 52.7 Å². The number of nitrogens with zero attached hydrogens (tertiary/aromatic N) is 2. The van der Waals surface area contributed by atoms with Crippen LogP contribution < -0.4 is 14.8 Å². The fourth-order valence-corrected chi connectivity index (χ4v) is 3.29. The van der Waals surface area contributed by atoms with E-state index in [2.05, 4.69) is 5.32 Å². The molecule has 0 radical (unpaired) electrons. The molecule has 1 atom stereocenters. The van der Waals surface area contributed by atoms with Crippen LogP contribution in [-0.4, -0.2) is 80.4 Å². The lowest BCUT2D eigenvalue weighted by Gasteiger charge is -2.37. The molecule has 1 N–H and O–H groups in total. The number of carbonyl (C=O) groups is 2. The van der Waals surface area contributed by atoms with E-state index in [1.807, 2.05) is 0 Å². The van der Waals surface area contributed by atoms with Gasteiger partial charge in [0.05, 0.1) is 13.2 Å². The Morgan fingerprint density at radius 2 is 1.80 bits per heavy atom. The van der Waals surface area contributed by atoms with E-state index in [4.69, 9.17) is 14.2 Å². The molecule has 3 aliphatic rings. The fraction of sp³-hybridized carbons (Fsp3) is 0.529. The molecule has 1 aromatic rings. The molecule has 1 aromatic carbocycles. The minimum absolute atomic E-state index is 0.0508. The van der Waals surface area contributed by atoms with E-state index in [9.17, 15) is 9.59 Å². The van der Waals surface area contributed by atoms with Crippen LogP contribution in [-0.2, 0) is 9.53 Å². The molecular weight excluding hydrogens is 326 g/mol. The summed E-state index contributed by atoms with van der Waals surface area (Å²) in [5, 5.41) is 3.18. The lowest BCUT2D eigenvalue weighted by Crippen LogP contribution is -2.57. The average molecular weight is 347 g/mol. The van der Waals surface area contributed by atoms with Crippen LogP contribution in [0.4, 0.5) is 0 Å². The molecule has 134 valence electrons. The van der Waals surface area contributed by atoms with Crippen molar-refractivity contribution in [1.82, 2.24) is 15.1 Å². The zero-order valence-corrected chi connectivity index (χ0v) is 13.9. The van der Waals surface area contributed by atoms with Gasteiger partial charge in [0.2, 0.25) is 12.7 Å². The van der Waals surface area contributed by atoms with Crippen molar-refractivity contribution in [3.8, 4) is 11.5 Å². The van der Waals surface area contributed by atoms with Crippen LogP contribution in [0.15, 0.2) is 18.2 Å². The molecule has 2 fully saturated rings. The van der Waals surface area contributed by atoms with E-state index in [0.717, 1.165) is 0 Å². The Morgan fingerprint density at radius 3 is 2.56 bits per heavy atom. The first-order valence-corrected chi connectivity index (χ1v) is 8.51. The van der Waals surface area contributed by atoms with Gasteiger partial charge >= 0.3 is 0 Å². The number of morpholine rings is 1. The van der Waals surface area contributed by atoms with Crippen molar-refractivity contribution < 1.29 is 23.8 Å². The molecule has 3 heterocycles. The summed E-state index contributed by atoms with van der Waals surface area (Å²) >= 11 is 0. The summed E-state index contributed by atoms with van der Waals surface area (Å²) in [6.07, 6.45) is 0. The lowest BCUT2D eigenvalue weighted by atomic mass is 10.1. The summed E-state index contributed by atoms with van der Waals surface area (Å²) in [6.45, 7) is 4.04. The Balaban J connectivity index is 1.35. The highest BCUT2D eigenvalue weighted by Crippen LogP contribution is 2.32. The second-order valence-corrected chi connectivity index (χ2v) is 6.27. The predicted octanol–water partition coefficient (Wildman–Crippen LogP) is -0.312. The molecule has 0 bridgehead atoms. The van der Waals surface area contributed by atoms with Gasteiger partial charge in [-0.3, -0.25) is 9.59 Å². The molecule has 3 aliphatic heterocycles. The summed E-state index contributed by atoms with van der Waals surface area (Å²) in [7, 11) is 0. The van der Waals surface area contributed by atoms with Crippen LogP contribution in [0.5, 0.6) is 11.5 Å². The number of hydrogen-bond donors (Lipinski definition) is 1. The van der Waals surface area contributed by atoms with E-state index in [1.54, 1.807) is 28.0 Å². The first-order valence-electron chi connectivity index (χ1n) is 8.51. The van der Waals surface area contributed by atoms with E-state index in [-0.39, 0.29) is 24.6 Å². The first-order chi connectivity index (χ1) is 12.2. The number of benzene rings is 1. The summed E-state index contributed by atoms with van der Waals surface area (Å²) in [5.41, 5.74) is 0.575. The number of hydrogen-bond acceptors (Lipinski definition) is 6. The van der Waals surface area contributed by atoms with Crippen LogP contribution in [0.2, 0.25) is 0 Å². The van der Waals surface area contributed by atoms with Crippen LogP contribution in [0.25, 0.3) is 0 Å². The molecule has 8 nitrogen and oxygen atoms in total. The molecule has 1 unspecified atom stereocenters. The zero-order valence-electron chi connectivity index (χ0n) is 13.9. The van der Waals surface area contributed by atoms with Crippen LogP contribution in [0, 0.1) is 0 Å². The summed E-state index contributed by atoms with van der Waals surface area (Å²) in [6, 6.07) is 4.94. The van der Waals surface area contributed by atoms with E-state index >= 15 is 0 Å². The van der Waals surface area contributed by atoms with Gasteiger partial charge in [0.15, 0.2) is 11.5 Å². The summed E-state index contributed by atoms with van der Waals surface area (Å²) < 4.78 is 15.9. The number of nitrogens with one attached hydrogen (secondary N) is 1. The van der Waals surface area contributed by atoms with Gasteiger partial charge in [-0.25, -0.2) is 0 Å². The minimum atomic E-state index is -0.273. The Labute approximate surface area is 145 Å². The van der Waals surface area contributed by atoms with Gasteiger partial charge in [0.1, 0.15) is 6.04 Å². The Kier molecular flexibility index (Phi) is 4.46. The van der Waals surface area contributed by atoms with Crippen LogP contribution >= 0.6 is 0 Å². The monoisotopic (exact) mass is 347 g/mol. The third kappa shape index (κ3) is 3.27. The van der Waals surface area contributed by atoms with Gasteiger partial charge in [-0.05, 0) is 18.2 Å². The fourth-order valence-electron chi connectivity index (χ4n) is 3.29. The van der Waals surface area contributed by atoms with Crippen molar-refractivity contribution in [2.24, 2.45) is 0 Å². The van der Waals surface area contributed by atoms with Crippen molar-refractivity contribution in [2.45, 2.75) is 6.04 Å². The second kappa shape index (κ2) is 6.89. The van der Waals surface area contributed by atoms with Gasteiger partial charge in [-0.2, -0.15) is 0 Å². The van der Waals surface area contributed by atoms with Gasteiger partial charge in [0, 0.05) is 38.3 Å². The van der Waals surface area contributed by atoms with Gasteiger partial charge in [-0.1, -0.05) is 0 Å². The van der Waals surface area contributed by atoms with Crippen molar-refractivity contribution in [3.63, 3.8) is 0 Å².